The average Bonchev–Trinajstić information content (AvgIpc) is 3.27. The van der Waals surface area contributed by atoms with Gasteiger partial charge in [-0.25, -0.2) is 20.4 Å². The highest BCUT2D eigenvalue weighted by Crippen LogP contribution is 2.28. The van der Waals surface area contributed by atoms with Crippen LogP contribution in [-0.4, -0.2) is 37.9 Å². The van der Waals surface area contributed by atoms with E-state index in [1.165, 1.54) is 6.20 Å². The van der Waals surface area contributed by atoms with Crippen molar-refractivity contribution in [2.75, 3.05) is 16.0 Å². The average molecular weight is 518 g/mol. The molecule has 184 valence electrons. The van der Waals surface area contributed by atoms with Crippen molar-refractivity contribution < 1.29 is 19.6 Å². The number of nitrogens with one attached hydrogen (secondary N) is 4. The van der Waals surface area contributed by atoms with Gasteiger partial charge in [-0.2, -0.15) is 0 Å². The lowest BCUT2D eigenvalue weighted by Crippen LogP contribution is -2.18. The molecule has 0 spiro atoms. The summed E-state index contributed by atoms with van der Waals surface area (Å²) in [6.45, 7) is 3.53. The number of rotatable bonds is 10. The molecule has 0 aliphatic rings. The van der Waals surface area contributed by atoms with E-state index in [9.17, 15) is 14.4 Å². The van der Waals surface area contributed by atoms with E-state index in [0.29, 0.717) is 51.0 Å². The number of anilines is 4. The van der Waals surface area contributed by atoms with Crippen molar-refractivity contribution in [3.63, 3.8) is 0 Å². The number of hydroxylamine groups is 1. The Morgan fingerprint density at radius 2 is 1.74 bits per heavy atom. The fourth-order valence-electron chi connectivity index (χ4n) is 3.04. The monoisotopic (exact) mass is 517 g/mol. The van der Waals surface area contributed by atoms with Crippen LogP contribution in [0.15, 0.2) is 30.5 Å². The highest BCUT2D eigenvalue weighted by molar-refractivity contribution is 7.17. The molecule has 0 saturated carbocycles. The van der Waals surface area contributed by atoms with Crippen LogP contribution < -0.4 is 21.4 Å². The Morgan fingerprint density at radius 1 is 1.03 bits per heavy atom. The van der Waals surface area contributed by atoms with Gasteiger partial charge in [0.1, 0.15) is 22.3 Å². The Bertz CT molecular complexity index is 1210. The molecular weight excluding hydrogens is 494 g/mol. The van der Waals surface area contributed by atoms with E-state index in [4.69, 9.17) is 16.8 Å². The third-order valence-electron chi connectivity index (χ3n) is 4.71. The molecule has 3 rings (SSSR count). The number of nitrogens with zero attached hydrogens (tertiary/aromatic N) is 3. The minimum absolute atomic E-state index is 0.135. The highest BCUT2D eigenvalue weighted by Gasteiger charge is 2.15. The van der Waals surface area contributed by atoms with Gasteiger partial charge in [0, 0.05) is 18.9 Å². The second-order valence-corrected chi connectivity index (χ2v) is 8.95. The van der Waals surface area contributed by atoms with Crippen molar-refractivity contribution in [1.29, 1.82) is 0 Å². The predicted molar refractivity (Wildman–Crippen MR) is 133 cm³/mol. The molecule has 0 atom stereocenters. The summed E-state index contributed by atoms with van der Waals surface area (Å²) in [4.78, 5) is 48.9. The maximum absolute atomic E-state index is 12.6. The zero-order valence-corrected chi connectivity index (χ0v) is 20.6. The fraction of sp³-hybridized carbons (Fsp3) is 0.273. The standard InChI is InChI=1S/C22H24ClN7O4S/c1-12-6-5-7-14(23)20(12)29-21(33)15-11-24-22(35-15)28-17-10-16(25-13(2)26-17)27-18(31)8-3-4-9-19(32)30-34/h5-7,10-11,34H,3-4,8-9H2,1-2H3,(H,29,33)(H,30,32)(H2,24,25,26,27,28,31). The third kappa shape index (κ3) is 7.70. The lowest BCUT2D eigenvalue weighted by molar-refractivity contribution is -0.129. The SMILES string of the molecule is Cc1nc(NC(=O)CCCCC(=O)NO)cc(Nc2ncc(C(=O)Nc3c(C)cccc3Cl)s2)n1. The number of aryl methyl sites for hydroxylation is 2. The second kappa shape index (κ2) is 12.2. The number of hydrogen-bond donors (Lipinski definition) is 5. The van der Waals surface area contributed by atoms with Gasteiger partial charge in [0.2, 0.25) is 11.8 Å². The fourth-order valence-corrected chi connectivity index (χ4v) is 4.03. The molecule has 0 fully saturated rings. The zero-order valence-electron chi connectivity index (χ0n) is 19.0. The Kier molecular flexibility index (Phi) is 9.06. The van der Waals surface area contributed by atoms with Gasteiger partial charge >= 0.3 is 0 Å². The number of hydrogen-bond acceptors (Lipinski definition) is 9. The molecule has 0 unspecified atom stereocenters. The molecule has 2 aromatic heterocycles. The van der Waals surface area contributed by atoms with Crippen LogP contribution in [-0.2, 0) is 9.59 Å². The minimum Gasteiger partial charge on any atom is -0.320 e. The molecule has 5 N–H and O–H groups in total. The van der Waals surface area contributed by atoms with Crippen LogP contribution in [0.3, 0.4) is 0 Å². The van der Waals surface area contributed by atoms with Gasteiger partial charge in [0.05, 0.1) is 16.9 Å². The van der Waals surface area contributed by atoms with Gasteiger partial charge in [0.15, 0.2) is 5.13 Å². The molecule has 0 radical (unpaired) electrons. The van der Waals surface area contributed by atoms with Gasteiger partial charge in [-0.1, -0.05) is 35.1 Å². The maximum Gasteiger partial charge on any atom is 0.267 e. The summed E-state index contributed by atoms with van der Waals surface area (Å²) in [5, 5.41) is 17.9. The number of thiazole rings is 1. The van der Waals surface area contributed by atoms with E-state index in [1.807, 2.05) is 19.1 Å². The molecule has 3 amide bonds. The van der Waals surface area contributed by atoms with Crippen molar-refractivity contribution in [2.24, 2.45) is 0 Å². The summed E-state index contributed by atoms with van der Waals surface area (Å²) in [5.41, 5.74) is 2.94. The molecular formula is C22H24ClN7O4S. The quantitative estimate of drug-likeness (QED) is 0.152. The molecule has 35 heavy (non-hydrogen) atoms. The van der Waals surface area contributed by atoms with E-state index in [0.717, 1.165) is 16.9 Å². The normalized spacial score (nSPS) is 10.5. The minimum atomic E-state index is -0.491. The van der Waals surface area contributed by atoms with Crippen LogP contribution in [0.25, 0.3) is 0 Å². The summed E-state index contributed by atoms with van der Waals surface area (Å²) in [5.74, 6) is 0.0389. The first-order valence-corrected chi connectivity index (χ1v) is 11.8. The van der Waals surface area contributed by atoms with Crippen LogP contribution in [0.1, 0.15) is 46.7 Å². The van der Waals surface area contributed by atoms with Crippen LogP contribution in [0.5, 0.6) is 0 Å². The Morgan fingerprint density at radius 3 is 2.46 bits per heavy atom. The molecule has 1 aromatic carbocycles. The van der Waals surface area contributed by atoms with Gasteiger partial charge in [-0.15, -0.1) is 0 Å². The molecule has 2 heterocycles. The first-order chi connectivity index (χ1) is 16.7. The molecule has 13 heteroatoms. The Labute approximate surface area is 210 Å². The molecule has 0 saturated heterocycles. The van der Waals surface area contributed by atoms with E-state index in [-0.39, 0.29) is 24.7 Å². The van der Waals surface area contributed by atoms with Gasteiger partial charge in [-0.3, -0.25) is 19.6 Å². The molecule has 0 aliphatic heterocycles. The number of benzene rings is 1. The maximum atomic E-state index is 12.6. The largest absolute Gasteiger partial charge is 0.320 e. The number of unbranched alkanes of at least 4 members (excludes halogenated alkanes) is 1. The van der Waals surface area contributed by atoms with Crippen molar-refractivity contribution in [2.45, 2.75) is 39.5 Å². The number of carbonyl (C=O) groups excluding carboxylic acids is 3. The Balaban J connectivity index is 1.59. The van der Waals surface area contributed by atoms with Crippen LogP contribution >= 0.6 is 22.9 Å². The van der Waals surface area contributed by atoms with E-state index in [1.54, 1.807) is 24.5 Å². The van der Waals surface area contributed by atoms with Crippen molar-refractivity contribution >= 4 is 63.1 Å². The number of para-hydroxylation sites is 1. The van der Waals surface area contributed by atoms with E-state index < -0.39 is 5.91 Å². The third-order valence-corrected chi connectivity index (χ3v) is 5.94. The van der Waals surface area contributed by atoms with E-state index >= 15 is 0 Å². The molecule has 0 aliphatic carbocycles. The van der Waals surface area contributed by atoms with Crippen LogP contribution in [0.4, 0.5) is 22.5 Å². The lowest BCUT2D eigenvalue weighted by Gasteiger charge is -2.09. The van der Waals surface area contributed by atoms with Crippen LogP contribution in [0, 0.1) is 13.8 Å². The lowest BCUT2D eigenvalue weighted by atomic mass is 10.2. The van der Waals surface area contributed by atoms with Crippen molar-refractivity contribution in [3.8, 4) is 0 Å². The molecule has 0 bridgehead atoms. The highest BCUT2D eigenvalue weighted by atomic mass is 35.5. The van der Waals surface area contributed by atoms with Gasteiger partial charge < -0.3 is 16.0 Å². The van der Waals surface area contributed by atoms with Crippen molar-refractivity contribution in [1.82, 2.24) is 20.4 Å². The summed E-state index contributed by atoms with van der Waals surface area (Å²) in [6, 6.07) is 6.91. The number of halogens is 1. The molecule has 11 nitrogen and oxygen atoms in total. The van der Waals surface area contributed by atoms with Gasteiger partial charge in [0.25, 0.3) is 5.91 Å². The summed E-state index contributed by atoms with van der Waals surface area (Å²) >= 11 is 7.32. The smallest absolute Gasteiger partial charge is 0.267 e. The first kappa shape index (κ1) is 26.0. The number of aromatic nitrogens is 3. The Hall–Kier alpha value is -3.61. The number of amides is 3. The molecule has 3 aromatic rings. The topological polar surface area (TPSA) is 158 Å². The zero-order chi connectivity index (χ0) is 25.4. The number of carbonyl (C=O) groups is 3. The summed E-state index contributed by atoms with van der Waals surface area (Å²) in [7, 11) is 0. The van der Waals surface area contributed by atoms with Crippen molar-refractivity contribution in [3.05, 3.63) is 51.7 Å². The van der Waals surface area contributed by atoms with E-state index in [2.05, 4.69) is 30.9 Å². The summed E-state index contributed by atoms with van der Waals surface area (Å²) in [6.07, 6.45) is 2.72. The second-order valence-electron chi connectivity index (χ2n) is 7.52. The predicted octanol–water partition coefficient (Wildman–Crippen LogP) is 4.20. The summed E-state index contributed by atoms with van der Waals surface area (Å²) < 4.78 is 0. The first-order valence-electron chi connectivity index (χ1n) is 10.6. The van der Waals surface area contributed by atoms with Crippen LogP contribution in [0.2, 0.25) is 5.02 Å². The van der Waals surface area contributed by atoms with Gasteiger partial charge in [-0.05, 0) is 38.3 Å².